The second-order valence-electron chi connectivity index (χ2n) is 4.07. The van der Waals surface area contributed by atoms with Crippen molar-refractivity contribution in [3.05, 3.63) is 0 Å². The molecule has 64 valence electrons. The quantitative estimate of drug-likeness (QED) is 0.643. The molecule has 0 spiro atoms. The summed E-state index contributed by atoms with van der Waals surface area (Å²) >= 11 is 0. The van der Waals surface area contributed by atoms with Gasteiger partial charge in [0, 0.05) is 18.1 Å². The fraction of sp³-hybridized carbons (Fsp3) is 1.00. The molecule has 1 aliphatic carbocycles. The standard InChI is InChI=1S/C9H17NO/c1-8-3-6-10(8)9(7-11)4-2-5-9/h8,11H,2-7H2,1H3. The molecule has 1 saturated heterocycles. The Bertz CT molecular complexity index is 148. The molecule has 1 atom stereocenters. The highest BCUT2D eigenvalue weighted by Crippen LogP contribution is 2.42. The van der Waals surface area contributed by atoms with Crippen LogP contribution in [0.3, 0.4) is 0 Å². The van der Waals surface area contributed by atoms with Gasteiger partial charge in [-0.1, -0.05) is 0 Å². The van der Waals surface area contributed by atoms with Crippen LogP contribution in [0.15, 0.2) is 0 Å². The van der Waals surface area contributed by atoms with Crippen molar-refractivity contribution >= 4 is 0 Å². The van der Waals surface area contributed by atoms with E-state index in [9.17, 15) is 5.11 Å². The zero-order valence-electron chi connectivity index (χ0n) is 7.21. The smallest absolute Gasteiger partial charge is 0.0615 e. The van der Waals surface area contributed by atoms with E-state index < -0.39 is 0 Å². The van der Waals surface area contributed by atoms with Crippen molar-refractivity contribution in [2.24, 2.45) is 0 Å². The number of aliphatic hydroxyl groups is 1. The van der Waals surface area contributed by atoms with Crippen LogP contribution in [0, 0.1) is 0 Å². The van der Waals surface area contributed by atoms with Crippen LogP contribution < -0.4 is 0 Å². The van der Waals surface area contributed by atoms with Gasteiger partial charge < -0.3 is 5.11 Å². The van der Waals surface area contributed by atoms with E-state index in [1.54, 1.807) is 0 Å². The summed E-state index contributed by atoms with van der Waals surface area (Å²) in [7, 11) is 0. The van der Waals surface area contributed by atoms with Crippen LogP contribution in [-0.4, -0.2) is 34.7 Å². The number of aliphatic hydroxyl groups excluding tert-OH is 1. The first-order chi connectivity index (χ1) is 5.28. The van der Waals surface area contributed by atoms with Crippen molar-refractivity contribution in [2.75, 3.05) is 13.2 Å². The van der Waals surface area contributed by atoms with Crippen molar-refractivity contribution in [3.8, 4) is 0 Å². The Morgan fingerprint density at radius 1 is 1.55 bits per heavy atom. The molecular formula is C9H17NO. The Labute approximate surface area is 68.2 Å². The molecule has 1 aliphatic heterocycles. The summed E-state index contributed by atoms with van der Waals surface area (Å²) in [5.74, 6) is 0. The third-order valence-corrected chi connectivity index (χ3v) is 3.51. The minimum absolute atomic E-state index is 0.220. The van der Waals surface area contributed by atoms with Gasteiger partial charge in [0.25, 0.3) is 0 Å². The van der Waals surface area contributed by atoms with E-state index in [4.69, 9.17) is 0 Å². The molecule has 2 heteroatoms. The van der Waals surface area contributed by atoms with Gasteiger partial charge in [0.15, 0.2) is 0 Å². The normalized spacial score (nSPS) is 36.0. The fourth-order valence-corrected chi connectivity index (χ4v) is 2.34. The topological polar surface area (TPSA) is 23.5 Å². The SMILES string of the molecule is CC1CCN1C1(CO)CCC1. The Morgan fingerprint density at radius 3 is 2.36 bits per heavy atom. The lowest BCUT2D eigenvalue weighted by atomic mass is 9.73. The third kappa shape index (κ3) is 0.926. The lowest BCUT2D eigenvalue weighted by Gasteiger charge is -2.57. The summed E-state index contributed by atoms with van der Waals surface area (Å²) in [6.45, 7) is 3.85. The Kier molecular flexibility index (Phi) is 1.69. The average molecular weight is 155 g/mol. The third-order valence-electron chi connectivity index (χ3n) is 3.51. The largest absolute Gasteiger partial charge is 0.394 e. The fourth-order valence-electron chi connectivity index (χ4n) is 2.34. The first-order valence-electron chi connectivity index (χ1n) is 4.66. The van der Waals surface area contributed by atoms with Crippen LogP contribution in [0.4, 0.5) is 0 Å². The summed E-state index contributed by atoms with van der Waals surface area (Å²) in [4.78, 5) is 2.48. The molecule has 1 saturated carbocycles. The number of rotatable bonds is 2. The predicted octanol–water partition coefficient (Wildman–Crippen LogP) is 0.996. The van der Waals surface area contributed by atoms with Gasteiger partial charge in [-0.3, -0.25) is 4.90 Å². The Balaban J connectivity index is 2.00. The van der Waals surface area contributed by atoms with Crippen LogP contribution >= 0.6 is 0 Å². The average Bonchev–Trinajstić information content (AvgIpc) is 1.93. The number of hydrogen-bond donors (Lipinski definition) is 1. The molecule has 0 aromatic carbocycles. The Hall–Kier alpha value is -0.0800. The van der Waals surface area contributed by atoms with Crippen molar-refractivity contribution in [2.45, 2.75) is 44.2 Å². The maximum Gasteiger partial charge on any atom is 0.0615 e. The summed E-state index contributed by atoms with van der Waals surface area (Å²) in [6, 6.07) is 0.724. The molecule has 0 radical (unpaired) electrons. The second-order valence-corrected chi connectivity index (χ2v) is 4.07. The second kappa shape index (κ2) is 2.46. The van der Waals surface area contributed by atoms with Crippen LogP contribution in [-0.2, 0) is 0 Å². The van der Waals surface area contributed by atoms with E-state index in [-0.39, 0.29) is 5.54 Å². The first-order valence-corrected chi connectivity index (χ1v) is 4.66. The predicted molar refractivity (Wildman–Crippen MR) is 44.5 cm³/mol. The first kappa shape index (κ1) is 7.56. The van der Waals surface area contributed by atoms with E-state index >= 15 is 0 Å². The number of hydrogen-bond acceptors (Lipinski definition) is 2. The van der Waals surface area contributed by atoms with Crippen molar-refractivity contribution < 1.29 is 5.11 Å². The van der Waals surface area contributed by atoms with E-state index in [1.165, 1.54) is 32.2 Å². The molecule has 2 nitrogen and oxygen atoms in total. The molecule has 0 aromatic rings. The van der Waals surface area contributed by atoms with Crippen molar-refractivity contribution in [3.63, 3.8) is 0 Å². The zero-order chi connectivity index (χ0) is 7.90. The number of nitrogens with zero attached hydrogens (tertiary/aromatic N) is 1. The van der Waals surface area contributed by atoms with E-state index in [0.29, 0.717) is 6.61 Å². The van der Waals surface area contributed by atoms with Crippen LogP contribution in [0.5, 0.6) is 0 Å². The van der Waals surface area contributed by atoms with Crippen LogP contribution in [0.2, 0.25) is 0 Å². The minimum Gasteiger partial charge on any atom is -0.394 e. The van der Waals surface area contributed by atoms with E-state index in [1.807, 2.05) is 0 Å². The van der Waals surface area contributed by atoms with Gasteiger partial charge in [-0.2, -0.15) is 0 Å². The molecule has 0 bridgehead atoms. The zero-order valence-corrected chi connectivity index (χ0v) is 7.21. The summed E-state index contributed by atoms with van der Waals surface area (Å²) in [5, 5.41) is 9.25. The molecule has 2 fully saturated rings. The molecule has 2 aliphatic rings. The maximum atomic E-state index is 9.25. The molecule has 11 heavy (non-hydrogen) atoms. The van der Waals surface area contributed by atoms with Gasteiger partial charge >= 0.3 is 0 Å². The monoisotopic (exact) mass is 155 g/mol. The van der Waals surface area contributed by atoms with Gasteiger partial charge in [0.1, 0.15) is 0 Å². The van der Waals surface area contributed by atoms with Gasteiger partial charge in [0.05, 0.1) is 6.61 Å². The summed E-state index contributed by atoms with van der Waals surface area (Å²) < 4.78 is 0. The van der Waals surface area contributed by atoms with Gasteiger partial charge in [-0.25, -0.2) is 0 Å². The highest BCUT2D eigenvalue weighted by atomic mass is 16.3. The highest BCUT2D eigenvalue weighted by Gasteiger charge is 2.46. The van der Waals surface area contributed by atoms with Crippen LogP contribution in [0.25, 0.3) is 0 Å². The maximum absolute atomic E-state index is 9.25. The Morgan fingerprint density at radius 2 is 2.27 bits per heavy atom. The molecule has 0 aromatic heterocycles. The molecule has 2 rings (SSSR count). The van der Waals surface area contributed by atoms with Crippen LogP contribution in [0.1, 0.15) is 32.6 Å². The number of likely N-dealkylation sites (tertiary alicyclic amines) is 1. The minimum atomic E-state index is 0.220. The van der Waals surface area contributed by atoms with E-state index in [2.05, 4.69) is 11.8 Å². The van der Waals surface area contributed by atoms with Gasteiger partial charge in [-0.05, 0) is 32.6 Å². The molecule has 1 unspecified atom stereocenters. The molecule has 1 N–H and O–H groups in total. The van der Waals surface area contributed by atoms with Gasteiger partial charge in [0.2, 0.25) is 0 Å². The summed E-state index contributed by atoms with van der Waals surface area (Å²) in [6.07, 6.45) is 5.06. The highest BCUT2D eigenvalue weighted by molar-refractivity contribution is 5.02. The molecule has 0 amide bonds. The summed E-state index contributed by atoms with van der Waals surface area (Å²) in [5.41, 5.74) is 0.220. The van der Waals surface area contributed by atoms with Crippen molar-refractivity contribution in [1.82, 2.24) is 4.90 Å². The van der Waals surface area contributed by atoms with E-state index in [0.717, 1.165) is 6.04 Å². The van der Waals surface area contributed by atoms with Gasteiger partial charge in [-0.15, -0.1) is 0 Å². The lowest BCUT2D eigenvalue weighted by molar-refractivity contribution is -0.0939. The van der Waals surface area contributed by atoms with Crippen molar-refractivity contribution in [1.29, 1.82) is 0 Å². The lowest BCUT2D eigenvalue weighted by Crippen LogP contribution is -2.64. The molecule has 1 heterocycles. The molecular weight excluding hydrogens is 138 g/mol.